The van der Waals surface area contributed by atoms with E-state index in [2.05, 4.69) is 27.6 Å². The number of esters is 1. The molecule has 7 nitrogen and oxygen atoms in total. The molecule has 0 saturated heterocycles. The Bertz CT molecular complexity index is 1620. The third-order valence-electron chi connectivity index (χ3n) is 5.77. The zero-order valence-electron chi connectivity index (χ0n) is 22.6. The van der Waals surface area contributed by atoms with Crippen LogP contribution in [0.4, 0.5) is 0 Å². The average Bonchev–Trinajstić information content (AvgIpc) is 3.14. The van der Waals surface area contributed by atoms with Gasteiger partial charge in [-0.15, -0.1) is 0 Å². The molecule has 0 unspecified atom stereocenters. The third kappa shape index (κ3) is 6.25. The summed E-state index contributed by atoms with van der Waals surface area (Å²) in [4.78, 5) is 32.4. The van der Waals surface area contributed by atoms with Crippen LogP contribution in [0.2, 0.25) is 5.02 Å². The molecular weight excluding hydrogens is 651 g/mol. The van der Waals surface area contributed by atoms with E-state index < -0.39 is 12.0 Å². The quantitative estimate of drug-likeness (QED) is 0.228. The number of carbonyl (C=O) groups excluding carboxylic acids is 1. The predicted octanol–water partition coefficient (Wildman–Crippen LogP) is 5.63. The van der Waals surface area contributed by atoms with Crippen molar-refractivity contribution in [3.63, 3.8) is 0 Å². The monoisotopic (exact) mass is 680 g/mol. The van der Waals surface area contributed by atoms with Gasteiger partial charge in [0, 0.05) is 16.1 Å². The molecule has 2 aromatic carbocycles. The Hall–Kier alpha value is -2.63. The van der Waals surface area contributed by atoms with Crippen LogP contribution in [-0.2, 0) is 9.53 Å². The van der Waals surface area contributed by atoms with Gasteiger partial charge in [-0.1, -0.05) is 41.1 Å². The Balaban J connectivity index is 2.00. The Labute approximate surface area is 249 Å². The van der Waals surface area contributed by atoms with Crippen molar-refractivity contribution in [1.29, 1.82) is 0 Å². The van der Waals surface area contributed by atoms with Gasteiger partial charge in [0.05, 0.1) is 38.2 Å². The second-order valence-electron chi connectivity index (χ2n) is 9.48. The van der Waals surface area contributed by atoms with Gasteiger partial charge < -0.3 is 14.2 Å². The SMILES string of the molecule is CCOC(=O)C1=C(C)N=c2s/c(=C\c3cc(Cl)cc(I)c3OC(C)C)c(=O)n2[C@H]1c1ccccc1OC(C)C. The minimum absolute atomic E-state index is 0.0692. The van der Waals surface area contributed by atoms with E-state index in [1.54, 1.807) is 30.6 Å². The summed E-state index contributed by atoms with van der Waals surface area (Å²) >= 11 is 9.80. The molecule has 0 spiro atoms. The zero-order chi connectivity index (χ0) is 28.4. The second kappa shape index (κ2) is 12.3. The summed E-state index contributed by atoms with van der Waals surface area (Å²) in [6, 6.07) is 10.3. The molecule has 1 atom stereocenters. The first-order valence-electron chi connectivity index (χ1n) is 12.6. The fourth-order valence-electron chi connectivity index (χ4n) is 4.34. The molecule has 39 heavy (non-hydrogen) atoms. The fourth-order valence-corrected chi connectivity index (χ4v) is 6.56. The molecule has 1 aliphatic heterocycles. The molecule has 2 heterocycles. The molecule has 4 rings (SSSR count). The minimum atomic E-state index is -0.775. The van der Waals surface area contributed by atoms with E-state index in [0.29, 0.717) is 48.3 Å². The summed E-state index contributed by atoms with van der Waals surface area (Å²) in [5.41, 5.74) is 1.87. The molecule has 0 amide bonds. The molecule has 0 saturated carbocycles. The van der Waals surface area contributed by atoms with E-state index in [0.717, 1.165) is 3.57 Å². The second-order valence-corrected chi connectivity index (χ2v) is 12.1. The van der Waals surface area contributed by atoms with Crippen molar-refractivity contribution in [3.8, 4) is 11.5 Å². The number of fused-ring (bicyclic) bond motifs is 1. The van der Waals surface area contributed by atoms with Crippen LogP contribution in [0.5, 0.6) is 11.5 Å². The molecule has 206 valence electrons. The number of halogens is 2. The summed E-state index contributed by atoms with van der Waals surface area (Å²) in [6.07, 6.45) is 1.59. The van der Waals surface area contributed by atoms with Crippen LogP contribution in [0.15, 0.2) is 57.5 Å². The van der Waals surface area contributed by atoms with Crippen LogP contribution >= 0.6 is 45.5 Å². The number of hydrogen-bond donors (Lipinski definition) is 0. The number of ether oxygens (including phenoxy) is 3. The standard InChI is InChI=1S/C29H30ClIN2O5S/c1-7-36-28(35)24-17(6)32-29-33(25(24)20-10-8-9-11-22(20)37-15(2)3)27(34)23(39-29)13-18-12-19(30)14-21(31)26(18)38-16(4)5/h8-16,25H,7H2,1-6H3/b23-13-/t25-/m0/s1. The van der Waals surface area contributed by atoms with E-state index in [1.807, 2.05) is 58.0 Å². The molecule has 1 aromatic heterocycles. The maximum atomic E-state index is 14.1. The average molecular weight is 681 g/mol. The van der Waals surface area contributed by atoms with Crippen molar-refractivity contribution in [2.45, 2.75) is 59.8 Å². The number of rotatable bonds is 8. The van der Waals surface area contributed by atoms with Crippen molar-refractivity contribution in [2.75, 3.05) is 6.61 Å². The fraction of sp³-hybridized carbons (Fsp3) is 0.345. The maximum Gasteiger partial charge on any atom is 0.338 e. The van der Waals surface area contributed by atoms with Crippen LogP contribution in [0, 0.1) is 3.57 Å². The predicted molar refractivity (Wildman–Crippen MR) is 163 cm³/mol. The maximum absolute atomic E-state index is 14.1. The number of carbonyl (C=O) groups is 1. The third-order valence-corrected chi connectivity index (χ3v) is 7.77. The van der Waals surface area contributed by atoms with Crippen LogP contribution < -0.4 is 24.4 Å². The lowest BCUT2D eigenvalue weighted by molar-refractivity contribution is -0.139. The van der Waals surface area contributed by atoms with E-state index >= 15 is 0 Å². The molecule has 1 aliphatic rings. The summed E-state index contributed by atoms with van der Waals surface area (Å²) in [5.74, 6) is 0.714. The first kappa shape index (κ1) is 29.4. The lowest BCUT2D eigenvalue weighted by Crippen LogP contribution is -2.40. The van der Waals surface area contributed by atoms with Crippen molar-refractivity contribution in [3.05, 3.63) is 87.1 Å². The topological polar surface area (TPSA) is 79.1 Å². The molecule has 0 N–H and O–H groups in total. The van der Waals surface area contributed by atoms with Crippen LogP contribution in [0.1, 0.15) is 58.7 Å². The van der Waals surface area contributed by atoms with E-state index in [1.165, 1.54) is 11.3 Å². The Morgan fingerprint density at radius 3 is 2.54 bits per heavy atom. The highest BCUT2D eigenvalue weighted by Crippen LogP contribution is 2.36. The Kier molecular flexibility index (Phi) is 9.23. The van der Waals surface area contributed by atoms with Crippen LogP contribution in [0.25, 0.3) is 6.08 Å². The van der Waals surface area contributed by atoms with Gasteiger partial charge in [0.25, 0.3) is 5.56 Å². The summed E-state index contributed by atoms with van der Waals surface area (Å²) in [7, 11) is 0. The molecule has 0 bridgehead atoms. The highest BCUT2D eigenvalue weighted by atomic mass is 127. The number of hydrogen-bond acceptors (Lipinski definition) is 7. The largest absolute Gasteiger partial charge is 0.491 e. The van der Waals surface area contributed by atoms with Gasteiger partial charge in [0.15, 0.2) is 4.80 Å². The first-order valence-corrected chi connectivity index (χ1v) is 14.9. The van der Waals surface area contributed by atoms with Crippen molar-refractivity contribution in [1.82, 2.24) is 4.57 Å². The molecular formula is C29H30ClIN2O5S. The molecule has 0 fully saturated rings. The van der Waals surface area contributed by atoms with Gasteiger partial charge in [0.1, 0.15) is 17.5 Å². The molecule has 3 aromatic rings. The number of benzene rings is 2. The number of nitrogens with zero attached hydrogens (tertiary/aromatic N) is 2. The van der Waals surface area contributed by atoms with E-state index in [9.17, 15) is 9.59 Å². The van der Waals surface area contributed by atoms with Gasteiger partial charge in [-0.05, 0) is 88.4 Å². The van der Waals surface area contributed by atoms with Gasteiger partial charge >= 0.3 is 5.97 Å². The lowest BCUT2D eigenvalue weighted by atomic mass is 9.95. The molecule has 0 aliphatic carbocycles. The van der Waals surface area contributed by atoms with Crippen molar-refractivity contribution >= 4 is 57.6 Å². The van der Waals surface area contributed by atoms with Gasteiger partial charge in [-0.3, -0.25) is 9.36 Å². The minimum Gasteiger partial charge on any atom is -0.491 e. The summed E-state index contributed by atoms with van der Waals surface area (Å²) < 4.78 is 20.4. The highest BCUT2D eigenvalue weighted by molar-refractivity contribution is 14.1. The lowest BCUT2D eigenvalue weighted by Gasteiger charge is -2.26. The number of para-hydroxylation sites is 1. The number of thiazole rings is 1. The van der Waals surface area contributed by atoms with Crippen molar-refractivity contribution < 1.29 is 19.0 Å². The van der Waals surface area contributed by atoms with Crippen molar-refractivity contribution in [2.24, 2.45) is 4.99 Å². The van der Waals surface area contributed by atoms with Crippen LogP contribution in [-0.4, -0.2) is 29.4 Å². The smallest absolute Gasteiger partial charge is 0.338 e. The number of allylic oxidation sites excluding steroid dienone is 1. The number of aromatic nitrogens is 1. The van der Waals surface area contributed by atoms with Crippen LogP contribution in [0.3, 0.4) is 0 Å². The summed E-state index contributed by atoms with van der Waals surface area (Å²) in [5, 5.41) is 0.535. The molecule has 0 radical (unpaired) electrons. The normalized spacial score (nSPS) is 15.4. The first-order chi connectivity index (χ1) is 18.5. The van der Waals surface area contributed by atoms with Gasteiger partial charge in [-0.25, -0.2) is 9.79 Å². The Morgan fingerprint density at radius 1 is 1.18 bits per heavy atom. The van der Waals surface area contributed by atoms with Gasteiger partial charge in [0.2, 0.25) is 0 Å². The highest BCUT2D eigenvalue weighted by Gasteiger charge is 2.35. The zero-order valence-corrected chi connectivity index (χ0v) is 26.3. The van der Waals surface area contributed by atoms with Gasteiger partial charge in [-0.2, -0.15) is 0 Å². The van der Waals surface area contributed by atoms with E-state index in [-0.39, 0.29) is 24.4 Å². The molecule has 10 heteroatoms. The Morgan fingerprint density at radius 2 is 1.87 bits per heavy atom. The van der Waals surface area contributed by atoms with E-state index in [4.69, 9.17) is 25.8 Å². The summed E-state index contributed by atoms with van der Waals surface area (Å²) in [6.45, 7) is 11.4.